The third kappa shape index (κ3) is 3.78. The van der Waals surface area contributed by atoms with Gasteiger partial charge in [0.05, 0.1) is 12.1 Å². The Balaban J connectivity index is 2.44. The molecule has 0 aliphatic rings. The van der Waals surface area contributed by atoms with Crippen molar-refractivity contribution in [3.05, 3.63) is 16.1 Å². The van der Waals surface area contributed by atoms with Crippen LogP contribution in [0.5, 0.6) is 0 Å². The van der Waals surface area contributed by atoms with E-state index in [9.17, 15) is 4.79 Å². The molecule has 1 aromatic heterocycles. The predicted molar refractivity (Wildman–Crippen MR) is 55.3 cm³/mol. The van der Waals surface area contributed by atoms with Gasteiger partial charge in [-0.3, -0.25) is 4.79 Å². The van der Waals surface area contributed by atoms with Gasteiger partial charge in [0.25, 0.3) is 0 Å². The molecule has 0 saturated carbocycles. The molecule has 1 N–H and O–H groups in total. The number of aliphatic carboxylic acids is 1. The summed E-state index contributed by atoms with van der Waals surface area (Å²) < 4.78 is 0. The summed E-state index contributed by atoms with van der Waals surface area (Å²) >= 11 is 3.32. The van der Waals surface area contributed by atoms with Crippen molar-refractivity contribution in [3.63, 3.8) is 0 Å². The Kier molecular flexibility index (Phi) is 4.24. The van der Waals surface area contributed by atoms with Gasteiger partial charge < -0.3 is 5.11 Å². The van der Waals surface area contributed by atoms with Crippen LogP contribution in [0.2, 0.25) is 0 Å². The van der Waals surface area contributed by atoms with Gasteiger partial charge in [0.2, 0.25) is 0 Å². The molecule has 0 bridgehead atoms. The molecule has 0 radical (unpaired) electrons. The lowest BCUT2D eigenvalue weighted by atomic mass is 10.2. The molecule has 0 aliphatic carbocycles. The summed E-state index contributed by atoms with van der Waals surface area (Å²) in [7, 11) is 0. The minimum absolute atomic E-state index is 0.169. The molecule has 0 aliphatic heterocycles. The van der Waals surface area contributed by atoms with Crippen molar-refractivity contribution in [1.29, 1.82) is 0 Å². The summed E-state index contributed by atoms with van der Waals surface area (Å²) in [5, 5.41) is 11.5. The van der Waals surface area contributed by atoms with E-state index < -0.39 is 5.97 Å². The minimum Gasteiger partial charge on any atom is -0.481 e. The van der Waals surface area contributed by atoms with E-state index in [1.54, 1.807) is 23.1 Å². The molecule has 0 spiro atoms. The number of aryl methyl sites for hydroxylation is 1. The van der Waals surface area contributed by atoms with Crippen molar-refractivity contribution in [2.75, 3.05) is 6.26 Å². The zero-order valence-corrected chi connectivity index (χ0v) is 8.95. The fraction of sp³-hybridized carbons (Fsp3) is 0.500. The van der Waals surface area contributed by atoms with Crippen molar-refractivity contribution in [2.45, 2.75) is 18.6 Å². The van der Waals surface area contributed by atoms with Crippen LogP contribution >= 0.6 is 23.1 Å². The number of rotatable bonds is 5. The smallest absolute Gasteiger partial charge is 0.303 e. The Labute approximate surface area is 85.2 Å². The van der Waals surface area contributed by atoms with Gasteiger partial charge in [-0.25, -0.2) is 4.98 Å². The zero-order chi connectivity index (χ0) is 9.68. The van der Waals surface area contributed by atoms with Crippen LogP contribution in [0.15, 0.2) is 5.38 Å². The lowest BCUT2D eigenvalue weighted by Gasteiger charge is -1.91. The third-order valence-corrected chi connectivity index (χ3v) is 3.10. The molecule has 1 aromatic rings. The first-order valence-electron chi connectivity index (χ1n) is 3.86. The number of hydrogen-bond acceptors (Lipinski definition) is 4. The van der Waals surface area contributed by atoms with Crippen LogP contribution in [0.1, 0.15) is 17.1 Å². The fourth-order valence-corrected chi connectivity index (χ4v) is 2.44. The molecule has 0 fully saturated rings. The monoisotopic (exact) mass is 217 g/mol. The van der Waals surface area contributed by atoms with Crippen LogP contribution in [0.25, 0.3) is 0 Å². The van der Waals surface area contributed by atoms with Gasteiger partial charge in [-0.1, -0.05) is 0 Å². The SMILES string of the molecule is CSCc1nc(CCC(=O)O)cs1. The second-order valence-corrected chi connectivity index (χ2v) is 4.37. The number of carboxylic acids is 1. The van der Waals surface area contributed by atoms with Gasteiger partial charge in [-0.2, -0.15) is 11.8 Å². The van der Waals surface area contributed by atoms with Crippen molar-refractivity contribution in [3.8, 4) is 0 Å². The molecule has 0 unspecified atom stereocenters. The largest absolute Gasteiger partial charge is 0.481 e. The normalized spacial score (nSPS) is 10.2. The average Bonchev–Trinajstić information content (AvgIpc) is 2.50. The number of thiazole rings is 1. The topological polar surface area (TPSA) is 50.2 Å². The Bertz CT molecular complexity index is 285. The molecule has 0 atom stereocenters. The van der Waals surface area contributed by atoms with Crippen molar-refractivity contribution >= 4 is 29.1 Å². The molecule has 5 heteroatoms. The summed E-state index contributed by atoms with van der Waals surface area (Å²) in [5.41, 5.74) is 0.899. The number of thioether (sulfide) groups is 1. The highest BCUT2D eigenvalue weighted by Crippen LogP contribution is 2.15. The standard InChI is InChI=1S/C8H11NO2S2/c1-12-5-7-9-6(4-13-7)2-3-8(10)11/h4H,2-3,5H2,1H3,(H,10,11). The van der Waals surface area contributed by atoms with Gasteiger partial charge in [0.15, 0.2) is 0 Å². The molecule has 1 rings (SSSR count). The van der Waals surface area contributed by atoms with Crippen molar-refractivity contribution in [1.82, 2.24) is 4.98 Å². The van der Waals surface area contributed by atoms with Gasteiger partial charge in [0.1, 0.15) is 5.01 Å². The lowest BCUT2D eigenvalue weighted by Crippen LogP contribution is -1.97. The number of hydrogen-bond donors (Lipinski definition) is 1. The Hall–Kier alpha value is -0.550. The molecule has 0 aromatic carbocycles. The zero-order valence-electron chi connectivity index (χ0n) is 7.32. The Morgan fingerprint density at radius 3 is 3.15 bits per heavy atom. The summed E-state index contributed by atoms with van der Waals surface area (Å²) in [6, 6.07) is 0. The van der Waals surface area contributed by atoms with E-state index in [1.807, 2.05) is 11.6 Å². The highest BCUT2D eigenvalue weighted by atomic mass is 32.2. The van der Waals surface area contributed by atoms with E-state index in [0.717, 1.165) is 16.5 Å². The lowest BCUT2D eigenvalue weighted by molar-refractivity contribution is -0.136. The second-order valence-electron chi connectivity index (χ2n) is 2.56. The second kappa shape index (κ2) is 5.24. The van der Waals surface area contributed by atoms with Crippen LogP contribution in [-0.2, 0) is 17.0 Å². The van der Waals surface area contributed by atoms with Crippen LogP contribution in [0, 0.1) is 0 Å². The maximum absolute atomic E-state index is 10.3. The molecular weight excluding hydrogens is 206 g/mol. The van der Waals surface area contributed by atoms with Gasteiger partial charge in [-0.15, -0.1) is 11.3 Å². The molecule has 1 heterocycles. The average molecular weight is 217 g/mol. The van der Waals surface area contributed by atoms with Crippen LogP contribution in [0.3, 0.4) is 0 Å². The van der Waals surface area contributed by atoms with E-state index in [-0.39, 0.29) is 6.42 Å². The maximum atomic E-state index is 10.3. The first-order valence-corrected chi connectivity index (χ1v) is 6.13. The van der Waals surface area contributed by atoms with Crippen LogP contribution < -0.4 is 0 Å². The first kappa shape index (κ1) is 10.5. The molecule has 0 amide bonds. The van der Waals surface area contributed by atoms with Crippen molar-refractivity contribution in [2.24, 2.45) is 0 Å². The summed E-state index contributed by atoms with van der Waals surface area (Å²) in [6.07, 6.45) is 2.74. The maximum Gasteiger partial charge on any atom is 0.303 e. The van der Waals surface area contributed by atoms with E-state index in [1.165, 1.54) is 0 Å². The summed E-state index contributed by atoms with van der Waals surface area (Å²) in [4.78, 5) is 14.6. The quantitative estimate of drug-likeness (QED) is 0.819. The van der Waals surface area contributed by atoms with E-state index >= 15 is 0 Å². The van der Waals surface area contributed by atoms with Crippen molar-refractivity contribution < 1.29 is 9.90 Å². The molecule has 13 heavy (non-hydrogen) atoms. The predicted octanol–water partition coefficient (Wildman–Crippen LogP) is 2.02. The number of carbonyl (C=O) groups is 1. The fourth-order valence-electron chi connectivity index (χ4n) is 0.889. The van der Waals surface area contributed by atoms with E-state index in [0.29, 0.717) is 6.42 Å². The number of carboxylic acid groups (broad SMARTS) is 1. The van der Waals surface area contributed by atoms with Crippen LogP contribution in [-0.4, -0.2) is 22.3 Å². The molecular formula is C8H11NO2S2. The van der Waals surface area contributed by atoms with E-state index in [2.05, 4.69) is 4.98 Å². The highest BCUT2D eigenvalue weighted by Gasteiger charge is 2.03. The van der Waals surface area contributed by atoms with Crippen LogP contribution in [0.4, 0.5) is 0 Å². The number of aromatic nitrogens is 1. The number of nitrogens with zero attached hydrogens (tertiary/aromatic N) is 1. The minimum atomic E-state index is -0.764. The third-order valence-electron chi connectivity index (χ3n) is 1.46. The molecule has 3 nitrogen and oxygen atoms in total. The Morgan fingerprint density at radius 1 is 1.77 bits per heavy atom. The van der Waals surface area contributed by atoms with E-state index in [4.69, 9.17) is 5.11 Å². The summed E-state index contributed by atoms with van der Waals surface area (Å²) in [5.74, 6) is 0.150. The highest BCUT2D eigenvalue weighted by molar-refractivity contribution is 7.97. The van der Waals surface area contributed by atoms with Gasteiger partial charge in [-0.05, 0) is 6.26 Å². The Morgan fingerprint density at radius 2 is 2.54 bits per heavy atom. The first-order chi connectivity index (χ1) is 6.22. The van der Waals surface area contributed by atoms with Gasteiger partial charge in [0, 0.05) is 17.6 Å². The molecule has 72 valence electrons. The summed E-state index contributed by atoms with van der Waals surface area (Å²) in [6.45, 7) is 0. The molecule has 0 saturated heterocycles. The van der Waals surface area contributed by atoms with Gasteiger partial charge >= 0.3 is 5.97 Å².